The molecule has 1 rings (SSSR count). The van der Waals surface area contributed by atoms with Crippen molar-refractivity contribution in [1.29, 1.82) is 0 Å². The molecule has 0 unspecified atom stereocenters. The normalized spacial score (nSPS) is 9.77. The molecule has 0 N–H and O–H groups in total. The van der Waals surface area contributed by atoms with Crippen LogP contribution in [0.25, 0.3) is 0 Å². The van der Waals surface area contributed by atoms with E-state index < -0.39 is 11.8 Å². The molecule has 70 valence electrons. The van der Waals surface area contributed by atoms with Gasteiger partial charge in [-0.2, -0.15) is 0 Å². The number of ether oxygens (including phenoxy) is 1. The third kappa shape index (κ3) is 2.30. The molecule has 0 saturated carbocycles. The van der Waals surface area contributed by atoms with E-state index in [2.05, 4.69) is 20.7 Å². The van der Waals surface area contributed by atoms with Gasteiger partial charge in [0, 0.05) is 4.47 Å². The van der Waals surface area contributed by atoms with Gasteiger partial charge >= 0.3 is 5.97 Å². The summed E-state index contributed by atoms with van der Waals surface area (Å²) in [6.45, 7) is 0. The van der Waals surface area contributed by atoms with Gasteiger partial charge < -0.3 is 4.74 Å². The van der Waals surface area contributed by atoms with E-state index in [9.17, 15) is 9.59 Å². The summed E-state index contributed by atoms with van der Waals surface area (Å²) in [6.07, 6.45) is 0. The molecule has 1 heterocycles. The van der Waals surface area contributed by atoms with E-state index in [0.29, 0.717) is 8.81 Å². The van der Waals surface area contributed by atoms with Crippen LogP contribution in [0.2, 0.25) is 4.34 Å². The lowest BCUT2D eigenvalue weighted by Crippen LogP contribution is -2.13. The molecule has 0 aliphatic heterocycles. The number of carbonyl (C=O) groups excluding carboxylic acids is 2. The number of hydrogen-bond donors (Lipinski definition) is 0. The van der Waals surface area contributed by atoms with Crippen molar-refractivity contribution in [2.24, 2.45) is 0 Å². The Balaban J connectivity index is 2.96. The maximum absolute atomic E-state index is 11.2. The van der Waals surface area contributed by atoms with Crippen molar-refractivity contribution in [3.8, 4) is 0 Å². The first-order chi connectivity index (χ1) is 6.06. The van der Waals surface area contributed by atoms with E-state index >= 15 is 0 Å². The quantitative estimate of drug-likeness (QED) is 0.476. The highest BCUT2D eigenvalue weighted by atomic mass is 79.9. The minimum Gasteiger partial charge on any atom is -0.463 e. The molecule has 0 amide bonds. The predicted molar refractivity (Wildman–Crippen MR) is 53.4 cm³/mol. The van der Waals surface area contributed by atoms with Gasteiger partial charge in [0.1, 0.15) is 4.34 Å². The molecule has 0 spiro atoms. The van der Waals surface area contributed by atoms with Crippen LogP contribution in [0.3, 0.4) is 0 Å². The summed E-state index contributed by atoms with van der Waals surface area (Å²) >= 11 is 9.85. The van der Waals surface area contributed by atoms with E-state index in [0.717, 1.165) is 18.4 Å². The Hall–Kier alpha value is -0.390. The minimum atomic E-state index is -0.884. The summed E-state index contributed by atoms with van der Waals surface area (Å²) in [7, 11) is 1.16. The van der Waals surface area contributed by atoms with Crippen LogP contribution >= 0.6 is 38.9 Å². The average Bonchev–Trinajstić information content (AvgIpc) is 2.44. The summed E-state index contributed by atoms with van der Waals surface area (Å²) in [5, 5.41) is 0. The number of esters is 1. The number of hydrogen-bond acceptors (Lipinski definition) is 4. The molecule has 1 aromatic rings. The van der Waals surface area contributed by atoms with Crippen molar-refractivity contribution in [2.75, 3.05) is 7.11 Å². The Kier molecular flexibility index (Phi) is 3.47. The molecule has 0 radical (unpaired) electrons. The number of carbonyl (C=O) groups is 2. The summed E-state index contributed by atoms with van der Waals surface area (Å²) in [6, 6.07) is 1.49. The third-order valence-corrected chi connectivity index (χ3v) is 3.71. The minimum absolute atomic E-state index is 0.267. The van der Waals surface area contributed by atoms with E-state index in [4.69, 9.17) is 11.6 Å². The standard InChI is InChI=1S/C7H4BrClO3S/c1-12-7(11)5(10)4-2-3(8)6(9)13-4/h2H,1H3. The fourth-order valence-corrected chi connectivity index (χ4v) is 2.28. The van der Waals surface area contributed by atoms with Gasteiger partial charge in [-0.1, -0.05) is 11.6 Å². The van der Waals surface area contributed by atoms with E-state index in [1.165, 1.54) is 6.07 Å². The van der Waals surface area contributed by atoms with Crippen molar-refractivity contribution in [2.45, 2.75) is 0 Å². The average molecular weight is 284 g/mol. The monoisotopic (exact) mass is 282 g/mol. The Morgan fingerprint density at radius 3 is 2.62 bits per heavy atom. The van der Waals surface area contributed by atoms with Gasteiger partial charge in [-0.25, -0.2) is 4.79 Å². The predicted octanol–water partition coefficient (Wildman–Crippen LogP) is 2.52. The zero-order chi connectivity index (χ0) is 10.0. The molecule has 0 atom stereocenters. The number of halogens is 2. The Morgan fingerprint density at radius 1 is 1.62 bits per heavy atom. The second-order valence-corrected chi connectivity index (χ2v) is 4.56. The Labute approximate surface area is 91.8 Å². The fraction of sp³-hybridized carbons (Fsp3) is 0.143. The molecule has 0 fully saturated rings. The first kappa shape index (κ1) is 10.7. The van der Waals surface area contributed by atoms with Crippen LogP contribution in [0.1, 0.15) is 9.67 Å². The molecule has 0 aliphatic rings. The van der Waals surface area contributed by atoms with Gasteiger partial charge in [-0.05, 0) is 22.0 Å². The molecular weight excluding hydrogens is 279 g/mol. The number of thiophene rings is 1. The number of Topliss-reactive ketones (excluding diaryl/α,β-unsaturated/α-hetero) is 1. The molecule has 0 aromatic carbocycles. The van der Waals surface area contributed by atoms with E-state index in [-0.39, 0.29) is 4.88 Å². The molecular formula is C7H4BrClO3S. The first-order valence-electron chi connectivity index (χ1n) is 3.13. The topological polar surface area (TPSA) is 43.4 Å². The SMILES string of the molecule is COC(=O)C(=O)c1cc(Br)c(Cl)s1. The van der Waals surface area contributed by atoms with Gasteiger partial charge in [-0.3, -0.25) is 4.79 Å². The van der Waals surface area contributed by atoms with Gasteiger partial charge in [0.15, 0.2) is 0 Å². The zero-order valence-electron chi connectivity index (χ0n) is 6.47. The Bertz CT molecular complexity index is 341. The lowest BCUT2D eigenvalue weighted by molar-refractivity contribution is -0.135. The van der Waals surface area contributed by atoms with Crippen LogP contribution in [0.4, 0.5) is 0 Å². The number of ketones is 1. The van der Waals surface area contributed by atoms with Gasteiger partial charge in [-0.15, -0.1) is 11.3 Å². The molecule has 0 saturated heterocycles. The molecule has 1 aromatic heterocycles. The van der Waals surface area contributed by atoms with Crippen LogP contribution < -0.4 is 0 Å². The van der Waals surface area contributed by atoms with Gasteiger partial charge in [0.25, 0.3) is 5.78 Å². The maximum Gasteiger partial charge on any atom is 0.380 e. The Morgan fingerprint density at radius 2 is 2.23 bits per heavy atom. The van der Waals surface area contributed by atoms with Crippen LogP contribution in [-0.2, 0) is 9.53 Å². The molecule has 3 nitrogen and oxygen atoms in total. The van der Waals surface area contributed by atoms with Crippen molar-refractivity contribution >= 4 is 50.6 Å². The lowest BCUT2D eigenvalue weighted by atomic mass is 10.3. The summed E-state index contributed by atoms with van der Waals surface area (Å²) in [5.74, 6) is -1.56. The second kappa shape index (κ2) is 4.21. The summed E-state index contributed by atoms with van der Waals surface area (Å²) in [5.41, 5.74) is 0. The van der Waals surface area contributed by atoms with Crippen molar-refractivity contribution in [1.82, 2.24) is 0 Å². The van der Waals surface area contributed by atoms with Gasteiger partial charge in [0.2, 0.25) is 0 Å². The van der Waals surface area contributed by atoms with E-state index in [1.807, 2.05) is 0 Å². The highest BCUT2D eigenvalue weighted by Gasteiger charge is 2.20. The fourth-order valence-electron chi connectivity index (χ4n) is 0.652. The molecule has 6 heteroatoms. The largest absolute Gasteiger partial charge is 0.463 e. The maximum atomic E-state index is 11.2. The lowest BCUT2D eigenvalue weighted by Gasteiger charge is -1.92. The molecule has 0 aliphatic carbocycles. The second-order valence-electron chi connectivity index (χ2n) is 2.05. The highest BCUT2D eigenvalue weighted by molar-refractivity contribution is 9.10. The smallest absolute Gasteiger partial charge is 0.380 e. The van der Waals surface area contributed by atoms with Crippen molar-refractivity contribution in [3.63, 3.8) is 0 Å². The zero-order valence-corrected chi connectivity index (χ0v) is 9.62. The van der Waals surface area contributed by atoms with E-state index in [1.54, 1.807) is 0 Å². The first-order valence-corrected chi connectivity index (χ1v) is 5.12. The van der Waals surface area contributed by atoms with Crippen LogP contribution in [0, 0.1) is 0 Å². The van der Waals surface area contributed by atoms with Gasteiger partial charge in [0.05, 0.1) is 12.0 Å². The van der Waals surface area contributed by atoms with Crippen LogP contribution in [0.15, 0.2) is 10.5 Å². The molecule has 0 bridgehead atoms. The van der Waals surface area contributed by atoms with Crippen LogP contribution in [0.5, 0.6) is 0 Å². The highest BCUT2D eigenvalue weighted by Crippen LogP contribution is 2.32. The number of methoxy groups -OCH3 is 1. The number of rotatable bonds is 2. The summed E-state index contributed by atoms with van der Waals surface area (Å²) in [4.78, 5) is 22.3. The summed E-state index contributed by atoms with van der Waals surface area (Å²) < 4.78 is 5.32. The third-order valence-electron chi connectivity index (χ3n) is 1.24. The van der Waals surface area contributed by atoms with Crippen molar-refractivity contribution < 1.29 is 14.3 Å². The van der Waals surface area contributed by atoms with Crippen molar-refractivity contribution in [3.05, 3.63) is 19.8 Å². The molecule has 13 heavy (non-hydrogen) atoms. The van der Waals surface area contributed by atoms with Crippen LogP contribution in [-0.4, -0.2) is 18.9 Å².